The molecule has 1 aromatic rings. The van der Waals surface area contributed by atoms with Gasteiger partial charge in [0, 0.05) is 12.5 Å². The Morgan fingerprint density at radius 1 is 1.29 bits per heavy atom. The number of fused-ring (bicyclic) bond motifs is 1. The number of hydrogen-bond donors (Lipinski definition) is 3. The number of aliphatic hydroxyl groups is 2. The Morgan fingerprint density at radius 3 is 2.75 bits per heavy atom. The Labute approximate surface area is 134 Å². The van der Waals surface area contributed by atoms with Crippen molar-refractivity contribution in [2.75, 3.05) is 6.61 Å². The summed E-state index contributed by atoms with van der Waals surface area (Å²) >= 11 is 0. The number of carbonyl (C=O) groups excluding carboxylic acids is 2. The molecule has 9 heteroatoms. The minimum atomic E-state index is -2.41. The second kappa shape index (κ2) is 4.65. The molecule has 0 radical (unpaired) electrons. The van der Waals surface area contributed by atoms with Crippen LogP contribution in [0.2, 0.25) is 0 Å². The number of esters is 1. The van der Waals surface area contributed by atoms with Crippen LogP contribution in [0.4, 0.5) is 0 Å². The van der Waals surface area contributed by atoms with Crippen LogP contribution in [0.3, 0.4) is 0 Å². The zero-order valence-electron chi connectivity index (χ0n) is 12.4. The third-order valence-electron chi connectivity index (χ3n) is 5.03. The van der Waals surface area contributed by atoms with E-state index >= 15 is 0 Å². The first-order valence-electron chi connectivity index (χ1n) is 7.39. The normalized spacial score (nSPS) is 37.4. The molecule has 1 aromatic heterocycles. The van der Waals surface area contributed by atoms with Gasteiger partial charge in [-0.25, -0.2) is 0 Å². The third-order valence-corrected chi connectivity index (χ3v) is 5.03. The smallest absolute Gasteiger partial charge is 0.312 e. The first-order valence-corrected chi connectivity index (χ1v) is 7.39. The quantitative estimate of drug-likeness (QED) is 0.560. The molecule has 0 saturated carbocycles. The highest BCUT2D eigenvalue weighted by Gasteiger charge is 2.70. The van der Waals surface area contributed by atoms with Crippen LogP contribution >= 0.6 is 0 Å². The fraction of sp³-hybridized carbons (Fsp3) is 0.533. The van der Waals surface area contributed by atoms with Crippen molar-refractivity contribution >= 4 is 11.8 Å². The zero-order chi connectivity index (χ0) is 17.3. The number of aliphatic hydroxyl groups excluding tert-OH is 1. The van der Waals surface area contributed by atoms with Gasteiger partial charge in [-0.3, -0.25) is 14.4 Å². The second-order valence-corrected chi connectivity index (χ2v) is 6.35. The summed E-state index contributed by atoms with van der Waals surface area (Å²) in [4.78, 5) is 36.3. The molecule has 4 rings (SSSR count). The standard InChI is InChI=1S/C15H14O9/c16-4-6-1-8(17)11(19)12(23-6)15(21)9(18)3-14-5-22-13(20)7(14)2-10(15)24-14/h1,7,10,16,19,21H,2-5H2/t7-,10-,14+,15-/m1/s1. The van der Waals surface area contributed by atoms with Crippen LogP contribution in [0.1, 0.15) is 24.4 Å². The lowest BCUT2D eigenvalue weighted by Crippen LogP contribution is -2.55. The Kier molecular flexibility index (Phi) is 2.97. The van der Waals surface area contributed by atoms with E-state index in [1.807, 2.05) is 0 Å². The van der Waals surface area contributed by atoms with Gasteiger partial charge in [0.2, 0.25) is 16.8 Å². The minimum Gasteiger partial charge on any atom is -0.502 e. The maximum absolute atomic E-state index is 12.7. The van der Waals surface area contributed by atoms with E-state index in [2.05, 4.69) is 0 Å². The molecule has 24 heavy (non-hydrogen) atoms. The molecule has 0 aromatic carbocycles. The van der Waals surface area contributed by atoms with Crippen molar-refractivity contribution in [1.82, 2.24) is 0 Å². The molecule has 3 aliphatic heterocycles. The zero-order valence-corrected chi connectivity index (χ0v) is 12.4. The molecule has 128 valence electrons. The van der Waals surface area contributed by atoms with E-state index < -0.39 is 58.5 Å². The van der Waals surface area contributed by atoms with Crippen LogP contribution in [0.25, 0.3) is 0 Å². The highest BCUT2D eigenvalue weighted by atomic mass is 16.6. The van der Waals surface area contributed by atoms with E-state index in [-0.39, 0.29) is 25.2 Å². The minimum absolute atomic E-state index is 0.00637. The first kappa shape index (κ1) is 15.3. The van der Waals surface area contributed by atoms with Crippen molar-refractivity contribution in [3.05, 3.63) is 27.8 Å². The summed E-state index contributed by atoms with van der Waals surface area (Å²) in [7, 11) is 0. The highest BCUT2D eigenvalue weighted by molar-refractivity contribution is 5.93. The summed E-state index contributed by atoms with van der Waals surface area (Å²) in [5, 5.41) is 30.1. The monoisotopic (exact) mass is 338 g/mol. The number of Topliss-reactive ketones (excluding diaryl/α,β-unsaturated/α-hetero) is 1. The van der Waals surface area contributed by atoms with Crippen LogP contribution in [0.15, 0.2) is 15.3 Å². The van der Waals surface area contributed by atoms with Gasteiger partial charge in [0.1, 0.15) is 30.7 Å². The van der Waals surface area contributed by atoms with E-state index in [9.17, 15) is 24.6 Å². The van der Waals surface area contributed by atoms with E-state index in [1.165, 1.54) is 0 Å². The van der Waals surface area contributed by atoms with Gasteiger partial charge in [0.25, 0.3) is 0 Å². The summed E-state index contributed by atoms with van der Waals surface area (Å²) in [6, 6.07) is 0.860. The molecular weight excluding hydrogens is 324 g/mol. The van der Waals surface area contributed by atoms with Crippen molar-refractivity contribution in [2.24, 2.45) is 5.92 Å². The van der Waals surface area contributed by atoms with Gasteiger partial charge in [-0.1, -0.05) is 0 Å². The Hall–Kier alpha value is -2.23. The van der Waals surface area contributed by atoms with Crippen molar-refractivity contribution in [3.63, 3.8) is 0 Å². The Balaban J connectivity index is 1.85. The van der Waals surface area contributed by atoms with E-state index in [0.29, 0.717) is 0 Å². The van der Waals surface area contributed by atoms with Gasteiger partial charge in [0.15, 0.2) is 11.5 Å². The van der Waals surface area contributed by atoms with Gasteiger partial charge in [0.05, 0.1) is 5.92 Å². The third kappa shape index (κ3) is 1.71. The number of aromatic hydroxyl groups is 1. The number of hydrogen-bond acceptors (Lipinski definition) is 9. The summed E-state index contributed by atoms with van der Waals surface area (Å²) in [5.74, 6) is -3.76. The SMILES string of the molecule is O=C1OC[C@@]23CC(=O)[C@](O)(c4oc(CO)cc(=O)c4O)[C@@H](C[C@H]12)O3. The van der Waals surface area contributed by atoms with Gasteiger partial charge in [-0.2, -0.15) is 0 Å². The van der Waals surface area contributed by atoms with Crippen LogP contribution in [-0.2, 0) is 31.3 Å². The van der Waals surface area contributed by atoms with Gasteiger partial charge < -0.3 is 29.2 Å². The number of carbonyl (C=O) groups is 2. The summed E-state index contributed by atoms with van der Waals surface area (Å²) in [6.07, 6.45) is -1.49. The number of ether oxygens (including phenoxy) is 2. The fourth-order valence-electron chi connectivity index (χ4n) is 3.78. The maximum atomic E-state index is 12.7. The predicted molar refractivity (Wildman–Crippen MR) is 72.8 cm³/mol. The van der Waals surface area contributed by atoms with E-state index in [4.69, 9.17) is 19.0 Å². The van der Waals surface area contributed by atoms with Gasteiger partial charge in [-0.05, 0) is 6.42 Å². The van der Waals surface area contributed by atoms with Crippen molar-refractivity contribution in [1.29, 1.82) is 0 Å². The molecule has 0 amide bonds. The molecule has 0 aliphatic carbocycles. The Morgan fingerprint density at radius 2 is 2.04 bits per heavy atom. The first-order chi connectivity index (χ1) is 11.3. The van der Waals surface area contributed by atoms with Crippen LogP contribution in [0, 0.1) is 5.92 Å². The topological polar surface area (TPSA) is 144 Å². The Bertz CT molecular complexity index is 812. The molecule has 2 bridgehead atoms. The lowest BCUT2D eigenvalue weighted by molar-refractivity contribution is -0.200. The molecule has 3 fully saturated rings. The second-order valence-electron chi connectivity index (χ2n) is 6.35. The molecule has 3 aliphatic rings. The van der Waals surface area contributed by atoms with Crippen LogP contribution in [-0.4, -0.2) is 45.4 Å². The summed E-state index contributed by atoms with van der Waals surface area (Å²) < 4.78 is 15.9. The average Bonchev–Trinajstić information content (AvgIpc) is 3.03. The molecule has 3 saturated heterocycles. The largest absolute Gasteiger partial charge is 0.502 e. The summed E-state index contributed by atoms with van der Waals surface area (Å²) in [6.45, 7) is -0.737. The number of rotatable bonds is 2. The lowest BCUT2D eigenvalue weighted by atomic mass is 9.82. The molecule has 3 N–H and O–H groups in total. The molecule has 1 spiro atoms. The highest BCUT2D eigenvalue weighted by Crippen LogP contribution is 2.54. The van der Waals surface area contributed by atoms with E-state index in [1.54, 1.807) is 0 Å². The van der Waals surface area contributed by atoms with Crippen LogP contribution in [0.5, 0.6) is 5.75 Å². The van der Waals surface area contributed by atoms with Gasteiger partial charge in [-0.15, -0.1) is 0 Å². The fourth-order valence-corrected chi connectivity index (χ4v) is 3.78. The van der Waals surface area contributed by atoms with Crippen LogP contribution < -0.4 is 5.43 Å². The maximum Gasteiger partial charge on any atom is 0.312 e. The van der Waals surface area contributed by atoms with Crippen molar-refractivity contribution in [3.8, 4) is 5.75 Å². The van der Waals surface area contributed by atoms with Crippen molar-refractivity contribution in [2.45, 2.75) is 36.8 Å². The molecule has 9 nitrogen and oxygen atoms in total. The number of ketones is 1. The number of cyclic esters (lactones) is 1. The molecule has 4 heterocycles. The molecule has 0 unspecified atom stereocenters. The summed E-state index contributed by atoms with van der Waals surface area (Å²) in [5.41, 5.74) is -4.43. The lowest BCUT2D eigenvalue weighted by Gasteiger charge is -2.39. The van der Waals surface area contributed by atoms with Gasteiger partial charge >= 0.3 is 5.97 Å². The predicted octanol–water partition coefficient (Wildman–Crippen LogP) is -1.30. The average molecular weight is 338 g/mol. The van der Waals surface area contributed by atoms with Crippen molar-refractivity contribution < 1.29 is 38.8 Å². The molecule has 4 atom stereocenters. The van der Waals surface area contributed by atoms with E-state index in [0.717, 1.165) is 6.07 Å². The molecular formula is C15H14O9.